The van der Waals surface area contributed by atoms with Crippen LogP contribution in [0.25, 0.3) is 5.52 Å². The summed E-state index contributed by atoms with van der Waals surface area (Å²) in [6.07, 6.45) is 3.73. The number of anilines is 1. The Bertz CT molecular complexity index is 824. The van der Waals surface area contributed by atoms with Crippen LogP contribution in [-0.2, 0) is 0 Å². The molecule has 0 aliphatic carbocycles. The van der Waals surface area contributed by atoms with Crippen molar-refractivity contribution in [1.82, 2.24) is 19.5 Å². The van der Waals surface area contributed by atoms with Crippen molar-refractivity contribution in [3.8, 4) is 5.75 Å². The van der Waals surface area contributed by atoms with Crippen molar-refractivity contribution in [1.29, 1.82) is 0 Å². The number of aryl methyl sites for hydroxylation is 1. The van der Waals surface area contributed by atoms with E-state index < -0.39 is 0 Å². The summed E-state index contributed by atoms with van der Waals surface area (Å²) in [5, 5.41) is 4.48. The highest BCUT2D eigenvalue weighted by Crippen LogP contribution is 2.20. The average Bonchev–Trinajstić information content (AvgIpc) is 3.03. The molecule has 0 amide bonds. The van der Waals surface area contributed by atoms with E-state index in [4.69, 9.17) is 4.74 Å². The van der Waals surface area contributed by atoms with Gasteiger partial charge in [-0.05, 0) is 25.1 Å². The van der Waals surface area contributed by atoms with Crippen molar-refractivity contribution in [3.63, 3.8) is 0 Å². The summed E-state index contributed by atoms with van der Waals surface area (Å²) in [5.74, 6) is 1.97. The third-order valence-corrected chi connectivity index (χ3v) is 4.58. The first-order chi connectivity index (χ1) is 12.3. The highest BCUT2D eigenvalue weighted by atomic mass is 16.5. The maximum Gasteiger partial charge on any atom is 0.154 e. The molecule has 1 aliphatic heterocycles. The van der Waals surface area contributed by atoms with Crippen LogP contribution in [0, 0.1) is 6.92 Å². The molecule has 0 saturated carbocycles. The molecule has 3 heterocycles. The average molecular weight is 337 g/mol. The van der Waals surface area contributed by atoms with E-state index in [1.54, 1.807) is 0 Å². The van der Waals surface area contributed by atoms with Crippen molar-refractivity contribution in [2.75, 3.05) is 44.2 Å². The number of hydrogen-bond donors (Lipinski definition) is 0. The van der Waals surface area contributed by atoms with E-state index in [-0.39, 0.29) is 0 Å². The minimum atomic E-state index is 0.722. The lowest BCUT2D eigenvalue weighted by Crippen LogP contribution is -2.47. The van der Waals surface area contributed by atoms with E-state index in [1.807, 2.05) is 54.2 Å². The molecule has 1 aromatic carbocycles. The van der Waals surface area contributed by atoms with Gasteiger partial charge in [-0.2, -0.15) is 5.10 Å². The lowest BCUT2D eigenvalue weighted by molar-refractivity contribution is 0.200. The zero-order valence-corrected chi connectivity index (χ0v) is 14.5. The molecule has 130 valence electrons. The SMILES string of the molecule is Cc1cc2c(N3CCN(CCOc4ccccc4)CC3)nccn2n1. The number of fused-ring (bicyclic) bond motifs is 1. The van der Waals surface area contributed by atoms with Crippen LogP contribution in [0.15, 0.2) is 48.8 Å². The molecule has 2 aromatic heterocycles. The third-order valence-electron chi connectivity index (χ3n) is 4.58. The molecule has 0 spiro atoms. The first kappa shape index (κ1) is 15.9. The molecule has 1 aliphatic rings. The summed E-state index contributed by atoms with van der Waals surface area (Å²) < 4.78 is 7.72. The number of nitrogens with zero attached hydrogens (tertiary/aromatic N) is 5. The second kappa shape index (κ2) is 7.11. The summed E-state index contributed by atoms with van der Waals surface area (Å²) in [5.41, 5.74) is 2.10. The van der Waals surface area contributed by atoms with Crippen molar-refractivity contribution in [3.05, 3.63) is 54.5 Å². The minimum Gasteiger partial charge on any atom is -0.492 e. The Balaban J connectivity index is 1.32. The van der Waals surface area contributed by atoms with E-state index in [9.17, 15) is 0 Å². The number of para-hydroxylation sites is 1. The normalized spacial score (nSPS) is 15.6. The number of benzene rings is 1. The molecular weight excluding hydrogens is 314 g/mol. The van der Waals surface area contributed by atoms with E-state index in [0.717, 1.165) is 62.1 Å². The van der Waals surface area contributed by atoms with Crippen LogP contribution in [0.2, 0.25) is 0 Å². The van der Waals surface area contributed by atoms with Crippen LogP contribution in [0.3, 0.4) is 0 Å². The van der Waals surface area contributed by atoms with Gasteiger partial charge >= 0.3 is 0 Å². The first-order valence-corrected chi connectivity index (χ1v) is 8.76. The molecular formula is C19H23N5O. The number of aromatic nitrogens is 3. The van der Waals surface area contributed by atoms with Crippen LogP contribution < -0.4 is 9.64 Å². The van der Waals surface area contributed by atoms with Gasteiger partial charge < -0.3 is 9.64 Å². The van der Waals surface area contributed by atoms with Gasteiger partial charge in [0.25, 0.3) is 0 Å². The van der Waals surface area contributed by atoms with Crippen molar-refractivity contribution in [2.45, 2.75) is 6.92 Å². The summed E-state index contributed by atoms with van der Waals surface area (Å²) in [6.45, 7) is 7.68. The van der Waals surface area contributed by atoms with Gasteiger partial charge in [0.1, 0.15) is 17.9 Å². The van der Waals surface area contributed by atoms with E-state index in [1.165, 1.54) is 0 Å². The zero-order valence-electron chi connectivity index (χ0n) is 14.5. The van der Waals surface area contributed by atoms with Crippen LogP contribution in [0.1, 0.15) is 5.69 Å². The van der Waals surface area contributed by atoms with Crippen LogP contribution in [0.4, 0.5) is 5.82 Å². The van der Waals surface area contributed by atoms with Gasteiger partial charge in [-0.3, -0.25) is 4.90 Å². The van der Waals surface area contributed by atoms with E-state index in [0.29, 0.717) is 0 Å². The van der Waals surface area contributed by atoms with Crippen LogP contribution in [0.5, 0.6) is 5.75 Å². The Labute approximate surface area is 147 Å². The monoisotopic (exact) mass is 337 g/mol. The summed E-state index contributed by atoms with van der Waals surface area (Å²) >= 11 is 0. The molecule has 25 heavy (non-hydrogen) atoms. The van der Waals surface area contributed by atoms with Gasteiger partial charge in [0.2, 0.25) is 0 Å². The van der Waals surface area contributed by atoms with Gasteiger partial charge in [0.15, 0.2) is 5.82 Å². The maximum absolute atomic E-state index is 5.80. The molecule has 0 N–H and O–H groups in total. The van der Waals surface area contributed by atoms with Gasteiger partial charge in [0, 0.05) is 45.1 Å². The number of rotatable bonds is 5. The van der Waals surface area contributed by atoms with Crippen molar-refractivity contribution >= 4 is 11.3 Å². The molecule has 1 fully saturated rings. The maximum atomic E-state index is 5.80. The van der Waals surface area contributed by atoms with Crippen LogP contribution >= 0.6 is 0 Å². The second-order valence-corrected chi connectivity index (χ2v) is 6.36. The molecule has 6 nitrogen and oxygen atoms in total. The molecule has 0 unspecified atom stereocenters. The zero-order chi connectivity index (χ0) is 17.1. The smallest absolute Gasteiger partial charge is 0.154 e. The fourth-order valence-corrected chi connectivity index (χ4v) is 3.27. The summed E-state index contributed by atoms with van der Waals surface area (Å²) in [7, 11) is 0. The molecule has 0 bridgehead atoms. The molecule has 0 atom stereocenters. The van der Waals surface area contributed by atoms with Gasteiger partial charge in [0.05, 0.1) is 5.69 Å². The minimum absolute atomic E-state index is 0.722. The van der Waals surface area contributed by atoms with E-state index in [2.05, 4.69) is 25.9 Å². The lowest BCUT2D eigenvalue weighted by atomic mass is 10.3. The Kier molecular flexibility index (Phi) is 4.52. The van der Waals surface area contributed by atoms with Crippen molar-refractivity contribution in [2.24, 2.45) is 0 Å². The second-order valence-electron chi connectivity index (χ2n) is 6.36. The fraction of sp³-hybridized carbons (Fsp3) is 0.368. The highest BCUT2D eigenvalue weighted by molar-refractivity contribution is 5.69. The Morgan fingerprint density at radius 2 is 1.88 bits per heavy atom. The standard InChI is InChI=1S/C19H23N5O/c1-16-15-18-19(20-7-8-24(18)21-16)23-11-9-22(10-12-23)13-14-25-17-5-3-2-4-6-17/h2-8,15H,9-14H2,1H3. The van der Waals surface area contributed by atoms with Gasteiger partial charge in [-0.1, -0.05) is 18.2 Å². The third kappa shape index (κ3) is 3.58. The molecule has 6 heteroatoms. The number of hydrogen-bond acceptors (Lipinski definition) is 5. The molecule has 0 radical (unpaired) electrons. The summed E-state index contributed by atoms with van der Waals surface area (Å²) in [6, 6.07) is 12.1. The number of piperazine rings is 1. The Hall–Kier alpha value is -2.60. The number of ether oxygens (including phenoxy) is 1. The van der Waals surface area contributed by atoms with Gasteiger partial charge in [-0.15, -0.1) is 0 Å². The Morgan fingerprint density at radius 3 is 2.68 bits per heavy atom. The topological polar surface area (TPSA) is 45.9 Å². The predicted molar refractivity (Wildman–Crippen MR) is 98.3 cm³/mol. The lowest BCUT2D eigenvalue weighted by Gasteiger charge is -2.35. The van der Waals surface area contributed by atoms with Crippen LogP contribution in [-0.4, -0.2) is 58.8 Å². The predicted octanol–water partition coefficient (Wildman–Crippen LogP) is 2.24. The van der Waals surface area contributed by atoms with Crippen molar-refractivity contribution < 1.29 is 4.74 Å². The Morgan fingerprint density at radius 1 is 1.08 bits per heavy atom. The largest absolute Gasteiger partial charge is 0.492 e. The first-order valence-electron chi connectivity index (χ1n) is 8.76. The van der Waals surface area contributed by atoms with E-state index >= 15 is 0 Å². The molecule has 1 saturated heterocycles. The molecule has 4 rings (SSSR count). The quantitative estimate of drug-likeness (QED) is 0.714. The molecule has 3 aromatic rings. The highest BCUT2D eigenvalue weighted by Gasteiger charge is 2.20. The summed E-state index contributed by atoms with van der Waals surface area (Å²) in [4.78, 5) is 9.39. The fourth-order valence-electron chi connectivity index (χ4n) is 3.27. The van der Waals surface area contributed by atoms with Gasteiger partial charge in [-0.25, -0.2) is 9.50 Å².